The van der Waals surface area contributed by atoms with Crippen molar-refractivity contribution in [3.8, 4) is 0 Å². The van der Waals surface area contributed by atoms with Gasteiger partial charge in [0.25, 0.3) is 11.8 Å². The standard InChI is InChI=1S/C17H14ClFN2O4S/c1-9(16(24)21-17-11(15(20)23)6-7-26-17)25-14(22)5-3-10-2-4-13(19)12(18)8-10/h2-9H,1H3,(H2,20,23)(H,21,24)/b5-3+/t9-/m1/s1. The predicted molar refractivity (Wildman–Crippen MR) is 97.5 cm³/mol. The van der Waals surface area contributed by atoms with Crippen molar-refractivity contribution in [2.45, 2.75) is 13.0 Å². The highest BCUT2D eigenvalue weighted by Gasteiger charge is 2.19. The zero-order chi connectivity index (χ0) is 19.3. The fourth-order valence-electron chi connectivity index (χ4n) is 1.86. The Morgan fingerprint density at radius 1 is 1.35 bits per heavy atom. The van der Waals surface area contributed by atoms with Crippen LogP contribution in [0.4, 0.5) is 9.39 Å². The number of rotatable bonds is 6. The Morgan fingerprint density at radius 3 is 2.73 bits per heavy atom. The number of halogens is 2. The van der Waals surface area contributed by atoms with Crippen LogP contribution in [0, 0.1) is 5.82 Å². The molecule has 1 atom stereocenters. The van der Waals surface area contributed by atoms with E-state index in [1.54, 1.807) is 5.38 Å². The lowest BCUT2D eigenvalue weighted by atomic mass is 10.2. The monoisotopic (exact) mass is 396 g/mol. The maximum Gasteiger partial charge on any atom is 0.331 e. The summed E-state index contributed by atoms with van der Waals surface area (Å²) in [4.78, 5) is 35.1. The van der Waals surface area contributed by atoms with Crippen molar-refractivity contribution in [2.75, 3.05) is 5.32 Å². The minimum Gasteiger partial charge on any atom is -0.449 e. The first kappa shape index (κ1) is 19.6. The number of carbonyl (C=O) groups excluding carboxylic acids is 3. The minimum atomic E-state index is -1.10. The number of carbonyl (C=O) groups is 3. The molecule has 0 aliphatic carbocycles. The molecule has 0 spiro atoms. The van der Waals surface area contributed by atoms with Gasteiger partial charge in [-0.2, -0.15) is 0 Å². The van der Waals surface area contributed by atoms with Crippen LogP contribution in [0.3, 0.4) is 0 Å². The van der Waals surface area contributed by atoms with Crippen LogP contribution in [0.1, 0.15) is 22.8 Å². The molecule has 9 heteroatoms. The van der Waals surface area contributed by atoms with Gasteiger partial charge in [-0.15, -0.1) is 11.3 Å². The predicted octanol–water partition coefficient (Wildman–Crippen LogP) is 3.22. The second-order valence-corrected chi connectivity index (χ2v) is 6.43. The van der Waals surface area contributed by atoms with E-state index >= 15 is 0 Å². The Bertz CT molecular complexity index is 881. The van der Waals surface area contributed by atoms with Gasteiger partial charge >= 0.3 is 5.97 Å². The topological polar surface area (TPSA) is 98.5 Å². The first-order chi connectivity index (χ1) is 12.3. The summed E-state index contributed by atoms with van der Waals surface area (Å²) in [7, 11) is 0. The molecule has 0 unspecified atom stereocenters. The summed E-state index contributed by atoms with van der Waals surface area (Å²) in [5.41, 5.74) is 5.87. The van der Waals surface area contributed by atoms with Crippen molar-refractivity contribution in [3.63, 3.8) is 0 Å². The van der Waals surface area contributed by atoms with E-state index in [0.29, 0.717) is 5.56 Å². The van der Waals surface area contributed by atoms with Crippen LogP contribution >= 0.6 is 22.9 Å². The van der Waals surface area contributed by atoms with Gasteiger partial charge in [-0.05, 0) is 42.1 Å². The van der Waals surface area contributed by atoms with Gasteiger partial charge in [0.2, 0.25) is 0 Å². The highest BCUT2D eigenvalue weighted by Crippen LogP contribution is 2.23. The maximum absolute atomic E-state index is 13.1. The summed E-state index contributed by atoms with van der Waals surface area (Å²) in [5, 5.41) is 4.29. The number of hydrogen-bond acceptors (Lipinski definition) is 5. The van der Waals surface area contributed by atoms with Gasteiger partial charge in [0.15, 0.2) is 6.10 Å². The van der Waals surface area contributed by atoms with Gasteiger partial charge in [0, 0.05) is 6.08 Å². The van der Waals surface area contributed by atoms with E-state index in [0.717, 1.165) is 17.4 Å². The van der Waals surface area contributed by atoms with E-state index in [2.05, 4.69) is 5.32 Å². The lowest BCUT2D eigenvalue weighted by Crippen LogP contribution is -2.29. The normalized spacial score (nSPS) is 12.0. The SMILES string of the molecule is C[C@@H](OC(=O)/C=C/c1ccc(F)c(Cl)c1)C(=O)Nc1sccc1C(N)=O. The molecule has 0 bridgehead atoms. The summed E-state index contributed by atoms with van der Waals surface area (Å²) in [6.07, 6.45) is 1.36. The molecule has 0 saturated heterocycles. The maximum atomic E-state index is 13.1. The molecule has 0 saturated carbocycles. The Kier molecular flexibility index (Phi) is 6.48. The van der Waals surface area contributed by atoms with Crippen molar-refractivity contribution in [1.29, 1.82) is 0 Å². The third-order valence-electron chi connectivity index (χ3n) is 3.19. The van der Waals surface area contributed by atoms with Gasteiger partial charge < -0.3 is 15.8 Å². The van der Waals surface area contributed by atoms with Crippen LogP contribution in [0.15, 0.2) is 35.7 Å². The molecule has 136 valence electrons. The lowest BCUT2D eigenvalue weighted by molar-refractivity contribution is -0.148. The number of esters is 1. The number of ether oxygens (including phenoxy) is 1. The van der Waals surface area contributed by atoms with Gasteiger partial charge in [-0.1, -0.05) is 17.7 Å². The van der Waals surface area contributed by atoms with E-state index < -0.39 is 29.7 Å². The van der Waals surface area contributed by atoms with Crippen LogP contribution in [0.5, 0.6) is 0 Å². The molecular weight excluding hydrogens is 383 g/mol. The molecule has 2 amide bonds. The second-order valence-electron chi connectivity index (χ2n) is 5.10. The van der Waals surface area contributed by atoms with E-state index in [1.807, 2.05) is 0 Å². The molecule has 3 N–H and O–H groups in total. The summed E-state index contributed by atoms with van der Waals surface area (Å²) in [6, 6.07) is 5.43. The molecule has 2 rings (SSSR count). The highest BCUT2D eigenvalue weighted by molar-refractivity contribution is 7.14. The molecule has 1 heterocycles. The summed E-state index contributed by atoms with van der Waals surface area (Å²) in [5.74, 6) is -2.62. The van der Waals surface area contributed by atoms with Gasteiger partial charge in [0.05, 0.1) is 10.6 Å². The van der Waals surface area contributed by atoms with Crippen molar-refractivity contribution in [1.82, 2.24) is 0 Å². The van der Waals surface area contributed by atoms with Crippen molar-refractivity contribution >= 4 is 51.8 Å². The zero-order valence-electron chi connectivity index (χ0n) is 13.5. The van der Waals surface area contributed by atoms with Gasteiger partial charge in [0.1, 0.15) is 10.8 Å². The fraction of sp³-hybridized carbons (Fsp3) is 0.118. The number of amides is 2. The third kappa shape index (κ3) is 5.14. The van der Waals surface area contributed by atoms with Crippen molar-refractivity contribution in [3.05, 3.63) is 57.7 Å². The molecule has 0 fully saturated rings. The quantitative estimate of drug-likeness (QED) is 0.578. The Balaban J connectivity index is 1.94. The molecule has 0 radical (unpaired) electrons. The molecule has 26 heavy (non-hydrogen) atoms. The van der Waals surface area contributed by atoms with Crippen LogP contribution in [0.2, 0.25) is 5.02 Å². The number of nitrogens with one attached hydrogen (secondary N) is 1. The number of primary amides is 1. The first-order valence-electron chi connectivity index (χ1n) is 7.30. The number of hydrogen-bond donors (Lipinski definition) is 2. The van der Waals surface area contributed by atoms with Crippen molar-refractivity contribution < 1.29 is 23.5 Å². The second kappa shape index (κ2) is 8.59. The molecule has 0 aliphatic rings. The Labute approximate surface area is 157 Å². The fourth-order valence-corrected chi connectivity index (χ4v) is 2.85. The molecule has 1 aromatic carbocycles. The van der Waals surface area contributed by atoms with E-state index in [1.165, 1.54) is 37.3 Å². The molecule has 6 nitrogen and oxygen atoms in total. The van der Waals surface area contributed by atoms with Crippen LogP contribution in [-0.2, 0) is 14.3 Å². The van der Waals surface area contributed by atoms with E-state index in [-0.39, 0.29) is 15.6 Å². The highest BCUT2D eigenvalue weighted by atomic mass is 35.5. The van der Waals surface area contributed by atoms with Crippen molar-refractivity contribution in [2.24, 2.45) is 5.73 Å². The molecule has 2 aromatic rings. The minimum absolute atomic E-state index is 0.0746. The first-order valence-corrected chi connectivity index (χ1v) is 8.55. The molecule has 0 aliphatic heterocycles. The number of nitrogens with two attached hydrogens (primary N) is 1. The Hall–Kier alpha value is -2.71. The summed E-state index contributed by atoms with van der Waals surface area (Å²) >= 11 is 6.77. The van der Waals surface area contributed by atoms with Crippen LogP contribution in [0.25, 0.3) is 6.08 Å². The number of anilines is 1. The van der Waals surface area contributed by atoms with E-state index in [4.69, 9.17) is 22.1 Å². The van der Waals surface area contributed by atoms with Crippen LogP contribution < -0.4 is 11.1 Å². The Morgan fingerprint density at radius 2 is 2.08 bits per heavy atom. The average molecular weight is 397 g/mol. The average Bonchev–Trinajstić information content (AvgIpc) is 3.04. The lowest BCUT2D eigenvalue weighted by Gasteiger charge is -2.12. The van der Waals surface area contributed by atoms with E-state index in [9.17, 15) is 18.8 Å². The van der Waals surface area contributed by atoms with Gasteiger partial charge in [-0.25, -0.2) is 9.18 Å². The number of thiophene rings is 1. The largest absolute Gasteiger partial charge is 0.449 e. The smallest absolute Gasteiger partial charge is 0.331 e. The summed E-state index contributed by atoms with van der Waals surface area (Å²) in [6.45, 7) is 1.38. The molecule has 1 aromatic heterocycles. The summed E-state index contributed by atoms with van der Waals surface area (Å²) < 4.78 is 18.1. The number of benzene rings is 1. The molecular formula is C17H14ClFN2O4S. The van der Waals surface area contributed by atoms with Gasteiger partial charge in [-0.3, -0.25) is 9.59 Å². The van der Waals surface area contributed by atoms with Crippen LogP contribution in [-0.4, -0.2) is 23.9 Å². The zero-order valence-corrected chi connectivity index (χ0v) is 15.1. The third-order valence-corrected chi connectivity index (χ3v) is 4.30.